The summed E-state index contributed by atoms with van der Waals surface area (Å²) in [5.41, 5.74) is 1.03. The zero-order chi connectivity index (χ0) is 15.5. The summed E-state index contributed by atoms with van der Waals surface area (Å²) in [6.45, 7) is 3.89. The molecule has 22 heavy (non-hydrogen) atoms. The van der Waals surface area contributed by atoms with Crippen LogP contribution < -0.4 is 23.6 Å². The normalized spacial score (nSPS) is 12.7. The first-order valence-corrected chi connectivity index (χ1v) is 9.47. The van der Waals surface area contributed by atoms with Gasteiger partial charge < -0.3 is 1.43 Å². The second-order valence-electron chi connectivity index (χ2n) is 4.94. The van der Waals surface area contributed by atoms with Gasteiger partial charge >= 0.3 is 18.9 Å². The number of thiophene rings is 1. The zero-order valence-corrected chi connectivity index (χ0v) is 15.4. The molecule has 1 N–H and O–H groups in total. The van der Waals surface area contributed by atoms with Crippen LogP contribution in [0.5, 0.6) is 0 Å². The van der Waals surface area contributed by atoms with Crippen molar-refractivity contribution in [3.63, 3.8) is 0 Å². The summed E-state index contributed by atoms with van der Waals surface area (Å²) >= 11 is 7.63. The van der Waals surface area contributed by atoms with Crippen molar-refractivity contribution in [2.45, 2.75) is 37.6 Å². The second kappa shape index (κ2) is 8.54. The number of sulfonamides is 1. The van der Waals surface area contributed by atoms with Gasteiger partial charge in [0.25, 0.3) is 0 Å². The average molecular weight is 352 g/mol. The van der Waals surface area contributed by atoms with Crippen LogP contribution >= 0.6 is 22.9 Å². The van der Waals surface area contributed by atoms with Gasteiger partial charge in [0.1, 0.15) is 0 Å². The van der Waals surface area contributed by atoms with E-state index in [1.807, 2.05) is 25.3 Å². The topological polar surface area (TPSA) is 46.2 Å². The molecule has 0 spiro atoms. The Hall–Kier alpha value is -0.283. The third kappa shape index (κ3) is 5.12. The molecule has 1 atom stereocenters. The Bertz CT molecular complexity index is 705. The Balaban J connectivity index is 0.00000242. The van der Waals surface area contributed by atoms with Gasteiger partial charge in [-0.3, -0.25) is 0 Å². The molecule has 0 amide bonds. The molecular formula is C15H19ClLiNO2S2. The minimum Gasteiger partial charge on any atom is -1.00 e. The molecule has 0 aliphatic rings. The van der Waals surface area contributed by atoms with E-state index in [0.29, 0.717) is 22.8 Å². The van der Waals surface area contributed by atoms with E-state index in [-0.39, 0.29) is 26.3 Å². The number of hydrogen-bond donors (Lipinski definition) is 1. The van der Waals surface area contributed by atoms with Crippen LogP contribution in [0.25, 0.3) is 0 Å². The van der Waals surface area contributed by atoms with Crippen LogP contribution in [0.4, 0.5) is 0 Å². The minimum atomic E-state index is -3.49. The largest absolute Gasteiger partial charge is 1.00 e. The average Bonchev–Trinajstić information content (AvgIpc) is 2.83. The van der Waals surface area contributed by atoms with Gasteiger partial charge in [0, 0.05) is 10.9 Å². The Morgan fingerprint density at radius 3 is 2.41 bits per heavy atom. The first kappa shape index (κ1) is 19.8. The number of nitrogens with one attached hydrogen (secondary N) is 1. The number of benzene rings is 1. The van der Waals surface area contributed by atoms with Crippen LogP contribution in [0.15, 0.2) is 40.6 Å². The van der Waals surface area contributed by atoms with Gasteiger partial charge in [-0.15, -0.1) is 11.3 Å². The summed E-state index contributed by atoms with van der Waals surface area (Å²) in [7, 11) is -3.49. The number of aryl methyl sites for hydroxylation is 1. The standard InChI is InChI=1S/C15H18ClNO2S2.Li.H/c1-3-12(10-15-14(16)8-9-20-15)17-21(18,19)13-6-4-11(2)5-7-13;;/h4-9,12,17H,3,10H2,1-2H3;;/q;+1;-1. The molecule has 116 valence electrons. The van der Waals surface area contributed by atoms with E-state index < -0.39 is 10.0 Å². The van der Waals surface area contributed by atoms with Gasteiger partial charge in [-0.2, -0.15) is 0 Å². The molecule has 1 unspecified atom stereocenters. The molecule has 0 saturated carbocycles. The molecule has 0 saturated heterocycles. The SMILES string of the molecule is CCC(Cc1sccc1Cl)NS(=O)(=O)c1ccc(C)cc1.[H-].[Li+]. The maximum Gasteiger partial charge on any atom is 1.00 e. The van der Waals surface area contributed by atoms with E-state index >= 15 is 0 Å². The Morgan fingerprint density at radius 1 is 1.27 bits per heavy atom. The minimum absolute atomic E-state index is 0. The van der Waals surface area contributed by atoms with Gasteiger partial charge in [-0.25, -0.2) is 13.1 Å². The molecule has 1 aromatic carbocycles. The van der Waals surface area contributed by atoms with Crippen LogP contribution in [-0.2, 0) is 16.4 Å². The summed E-state index contributed by atoms with van der Waals surface area (Å²) in [6, 6.07) is 8.53. The van der Waals surface area contributed by atoms with Crippen molar-refractivity contribution in [3.05, 3.63) is 51.2 Å². The predicted octanol–water partition coefficient (Wildman–Crippen LogP) is 1.13. The molecular weight excluding hydrogens is 333 g/mol. The summed E-state index contributed by atoms with van der Waals surface area (Å²) in [5, 5.41) is 2.62. The smallest absolute Gasteiger partial charge is 1.00 e. The van der Waals surface area contributed by atoms with Gasteiger partial charge in [0.2, 0.25) is 10.0 Å². The monoisotopic (exact) mass is 351 g/mol. The molecule has 0 radical (unpaired) electrons. The van der Waals surface area contributed by atoms with Crippen molar-refractivity contribution in [1.29, 1.82) is 0 Å². The molecule has 3 nitrogen and oxygen atoms in total. The van der Waals surface area contributed by atoms with Gasteiger partial charge in [-0.05, 0) is 43.3 Å². The number of hydrogen-bond acceptors (Lipinski definition) is 3. The molecule has 0 aliphatic carbocycles. The molecule has 0 aliphatic heterocycles. The van der Waals surface area contributed by atoms with Gasteiger partial charge in [-0.1, -0.05) is 36.2 Å². The van der Waals surface area contributed by atoms with Crippen LogP contribution in [0.2, 0.25) is 5.02 Å². The third-order valence-corrected chi connectivity index (χ3v) is 6.21. The van der Waals surface area contributed by atoms with Crippen molar-refractivity contribution in [2.75, 3.05) is 0 Å². The Kier molecular flexibility index (Phi) is 7.67. The van der Waals surface area contributed by atoms with Crippen LogP contribution in [-0.4, -0.2) is 14.5 Å². The van der Waals surface area contributed by atoms with E-state index in [4.69, 9.17) is 11.6 Å². The maximum absolute atomic E-state index is 12.4. The van der Waals surface area contributed by atoms with Gasteiger partial charge in [0.05, 0.1) is 9.92 Å². The second-order valence-corrected chi connectivity index (χ2v) is 8.06. The Labute approximate surface area is 154 Å². The van der Waals surface area contributed by atoms with E-state index in [2.05, 4.69) is 4.72 Å². The van der Waals surface area contributed by atoms with Crippen molar-refractivity contribution < 1.29 is 28.7 Å². The van der Waals surface area contributed by atoms with Gasteiger partial charge in [0.15, 0.2) is 0 Å². The molecule has 0 bridgehead atoms. The fraction of sp³-hybridized carbons (Fsp3) is 0.333. The first-order valence-electron chi connectivity index (χ1n) is 6.73. The molecule has 1 heterocycles. The van der Waals surface area contributed by atoms with Crippen LogP contribution in [0.3, 0.4) is 0 Å². The van der Waals surface area contributed by atoms with Crippen molar-refractivity contribution in [1.82, 2.24) is 4.72 Å². The summed E-state index contributed by atoms with van der Waals surface area (Å²) in [6.07, 6.45) is 1.32. The van der Waals surface area contributed by atoms with E-state index in [1.54, 1.807) is 35.6 Å². The first-order chi connectivity index (χ1) is 9.92. The fourth-order valence-electron chi connectivity index (χ4n) is 1.97. The summed E-state index contributed by atoms with van der Waals surface area (Å²) in [5.74, 6) is 0. The summed E-state index contributed by atoms with van der Waals surface area (Å²) in [4.78, 5) is 1.30. The number of rotatable bonds is 6. The third-order valence-electron chi connectivity index (χ3n) is 3.27. The molecule has 7 heteroatoms. The van der Waals surface area contributed by atoms with E-state index in [1.165, 1.54) is 0 Å². The van der Waals surface area contributed by atoms with Crippen molar-refractivity contribution in [2.24, 2.45) is 0 Å². The van der Waals surface area contributed by atoms with E-state index in [9.17, 15) is 8.42 Å². The molecule has 2 aromatic rings. The van der Waals surface area contributed by atoms with Crippen molar-refractivity contribution in [3.8, 4) is 0 Å². The van der Waals surface area contributed by atoms with Crippen LogP contribution in [0, 0.1) is 6.92 Å². The fourth-order valence-corrected chi connectivity index (χ4v) is 4.48. The van der Waals surface area contributed by atoms with E-state index in [0.717, 1.165) is 10.4 Å². The quantitative estimate of drug-likeness (QED) is 0.793. The number of halogens is 1. The predicted molar refractivity (Wildman–Crippen MR) is 89.7 cm³/mol. The zero-order valence-electron chi connectivity index (χ0n) is 14.0. The van der Waals surface area contributed by atoms with Crippen molar-refractivity contribution >= 4 is 33.0 Å². The molecule has 1 aromatic heterocycles. The molecule has 2 rings (SSSR count). The summed E-state index contributed by atoms with van der Waals surface area (Å²) < 4.78 is 27.5. The molecule has 0 fully saturated rings. The van der Waals surface area contributed by atoms with Crippen LogP contribution in [0.1, 0.15) is 25.2 Å². The Morgan fingerprint density at radius 2 is 1.91 bits per heavy atom. The maximum atomic E-state index is 12.4.